The molecular formula is C22H29N3OS. The van der Waals surface area contributed by atoms with Crippen LogP contribution in [0.4, 0.5) is 4.79 Å². The highest BCUT2D eigenvalue weighted by Crippen LogP contribution is 2.30. The van der Waals surface area contributed by atoms with E-state index in [9.17, 15) is 4.79 Å². The number of nitrogens with zero attached hydrogens (tertiary/aromatic N) is 1. The lowest BCUT2D eigenvalue weighted by Gasteiger charge is -2.35. The van der Waals surface area contributed by atoms with Crippen molar-refractivity contribution in [1.82, 2.24) is 15.5 Å². The average Bonchev–Trinajstić information content (AvgIpc) is 3.23. The number of thiophene rings is 1. The van der Waals surface area contributed by atoms with Gasteiger partial charge in [-0.3, -0.25) is 4.90 Å². The van der Waals surface area contributed by atoms with Crippen molar-refractivity contribution in [3.8, 4) is 0 Å². The Morgan fingerprint density at radius 3 is 2.70 bits per heavy atom. The van der Waals surface area contributed by atoms with E-state index in [-0.39, 0.29) is 12.1 Å². The molecule has 4 rings (SSSR count). The van der Waals surface area contributed by atoms with E-state index < -0.39 is 0 Å². The van der Waals surface area contributed by atoms with Crippen LogP contribution < -0.4 is 10.6 Å². The summed E-state index contributed by atoms with van der Waals surface area (Å²) in [6, 6.07) is 13.6. The summed E-state index contributed by atoms with van der Waals surface area (Å²) in [4.78, 5) is 16.3. The van der Waals surface area contributed by atoms with Crippen LogP contribution in [0.2, 0.25) is 0 Å². The van der Waals surface area contributed by atoms with Gasteiger partial charge in [-0.15, -0.1) is 11.3 Å². The predicted octanol–water partition coefficient (Wildman–Crippen LogP) is 4.48. The van der Waals surface area contributed by atoms with Gasteiger partial charge in [0.1, 0.15) is 0 Å². The van der Waals surface area contributed by atoms with Crippen LogP contribution >= 0.6 is 11.3 Å². The minimum atomic E-state index is -0.0131. The number of hydrogen-bond donors (Lipinski definition) is 2. The van der Waals surface area contributed by atoms with Crippen molar-refractivity contribution in [3.05, 3.63) is 57.8 Å². The van der Waals surface area contributed by atoms with Gasteiger partial charge < -0.3 is 10.6 Å². The Kier molecular flexibility index (Phi) is 6.10. The lowest BCUT2D eigenvalue weighted by atomic mass is 9.96. The fraction of sp³-hybridized carbons (Fsp3) is 0.500. The third-order valence-electron chi connectivity index (χ3n) is 5.87. The monoisotopic (exact) mass is 383 g/mol. The smallest absolute Gasteiger partial charge is 0.315 e. The average molecular weight is 384 g/mol. The van der Waals surface area contributed by atoms with Gasteiger partial charge in [-0.25, -0.2) is 4.79 Å². The molecule has 0 bridgehead atoms. The molecule has 0 spiro atoms. The quantitative estimate of drug-likeness (QED) is 0.799. The summed E-state index contributed by atoms with van der Waals surface area (Å²) in [5.74, 6) is 0. The SMILES string of the molecule is O=C(NC[C@@H](c1cccs1)N1CCc2ccccc2C1)NC1CCCCC1. The maximum absolute atomic E-state index is 12.4. The number of rotatable bonds is 5. The number of urea groups is 1. The summed E-state index contributed by atoms with van der Waals surface area (Å²) >= 11 is 1.78. The lowest BCUT2D eigenvalue weighted by Crippen LogP contribution is -2.46. The summed E-state index contributed by atoms with van der Waals surface area (Å²) in [6.45, 7) is 2.64. The molecule has 2 aromatic rings. The molecule has 1 aliphatic heterocycles. The van der Waals surface area contributed by atoms with Gasteiger partial charge in [0.25, 0.3) is 0 Å². The van der Waals surface area contributed by atoms with Gasteiger partial charge in [0.05, 0.1) is 6.04 Å². The van der Waals surface area contributed by atoms with Crippen LogP contribution in [-0.4, -0.2) is 30.1 Å². The lowest BCUT2D eigenvalue weighted by molar-refractivity contribution is 0.175. The molecule has 2 N–H and O–H groups in total. The molecule has 144 valence electrons. The molecule has 1 fully saturated rings. The van der Waals surface area contributed by atoms with Gasteiger partial charge >= 0.3 is 6.03 Å². The Balaban J connectivity index is 1.39. The molecule has 1 saturated carbocycles. The molecule has 5 heteroatoms. The number of nitrogens with one attached hydrogen (secondary N) is 2. The molecule has 1 atom stereocenters. The van der Waals surface area contributed by atoms with Gasteiger partial charge in [0.2, 0.25) is 0 Å². The second kappa shape index (κ2) is 8.89. The van der Waals surface area contributed by atoms with E-state index in [0.29, 0.717) is 12.6 Å². The van der Waals surface area contributed by atoms with Crippen molar-refractivity contribution in [2.24, 2.45) is 0 Å². The van der Waals surface area contributed by atoms with E-state index >= 15 is 0 Å². The Bertz CT molecular complexity index is 740. The van der Waals surface area contributed by atoms with Crippen LogP contribution in [0.15, 0.2) is 41.8 Å². The predicted molar refractivity (Wildman–Crippen MR) is 111 cm³/mol. The Hall–Kier alpha value is -1.85. The molecule has 27 heavy (non-hydrogen) atoms. The molecule has 2 amide bonds. The number of benzene rings is 1. The molecule has 4 nitrogen and oxygen atoms in total. The summed E-state index contributed by atoms with van der Waals surface area (Å²) in [6.07, 6.45) is 7.07. The standard InChI is InChI=1S/C22H29N3OS/c26-22(24-19-9-2-1-3-10-19)23-15-20(21-11-6-14-27-21)25-13-12-17-7-4-5-8-18(17)16-25/h4-8,11,14,19-20H,1-3,9-10,12-13,15-16H2,(H2,23,24,26)/t20-/m0/s1. The summed E-state index contributed by atoms with van der Waals surface area (Å²) in [5, 5.41) is 8.45. The van der Waals surface area contributed by atoms with E-state index in [0.717, 1.165) is 32.4 Å². The van der Waals surface area contributed by atoms with Crippen molar-refractivity contribution in [1.29, 1.82) is 0 Å². The summed E-state index contributed by atoms with van der Waals surface area (Å²) in [5.41, 5.74) is 2.87. The van der Waals surface area contributed by atoms with E-state index in [2.05, 4.69) is 57.3 Å². The topological polar surface area (TPSA) is 44.4 Å². The summed E-state index contributed by atoms with van der Waals surface area (Å²) in [7, 11) is 0. The molecule has 1 aromatic carbocycles. The molecule has 0 radical (unpaired) electrons. The number of fused-ring (bicyclic) bond motifs is 1. The van der Waals surface area contributed by atoms with Gasteiger partial charge in [0.15, 0.2) is 0 Å². The first-order valence-corrected chi connectivity index (χ1v) is 11.1. The molecule has 2 heterocycles. The minimum Gasteiger partial charge on any atom is -0.336 e. The number of carbonyl (C=O) groups is 1. The van der Waals surface area contributed by atoms with Crippen molar-refractivity contribution in [2.45, 2.75) is 57.2 Å². The molecule has 1 aliphatic carbocycles. The molecule has 0 unspecified atom stereocenters. The second-order valence-corrected chi connectivity index (χ2v) is 8.69. The Morgan fingerprint density at radius 2 is 1.93 bits per heavy atom. The Labute approximate surface area is 166 Å². The van der Waals surface area contributed by atoms with Crippen molar-refractivity contribution < 1.29 is 4.79 Å². The molecule has 2 aliphatic rings. The summed E-state index contributed by atoms with van der Waals surface area (Å²) < 4.78 is 0. The molecular weight excluding hydrogens is 354 g/mol. The fourth-order valence-electron chi connectivity index (χ4n) is 4.35. The minimum absolute atomic E-state index is 0.0131. The Morgan fingerprint density at radius 1 is 1.11 bits per heavy atom. The van der Waals surface area contributed by atoms with Crippen LogP contribution in [0.5, 0.6) is 0 Å². The molecule has 1 aromatic heterocycles. The highest BCUT2D eigenvalue weighted by Gasteiger charge is 2.26. The van der Waals surface area contributed by atoms with E-state index in [4.69, 9.17) is 0 Å². The van der Waals surface area contributed by atoms with Crippen LogP contribution in [0, 0.1) is 0 Å². The second-order valence-electron chi connectivity index (χ2n) is 7.71. The third kappa shape index (κ3) is 4.71. The largest absolute Gasteiger partial charge is 0.336 e. The third-order valence-corrected chi connectivity index (χ3v) is 6.84. The highest BCUT2D eigenvalue weighted by molar-refractivity contribution is 7.10. The van der Waals surface area contributed by atoms with Gasteiger partial charge in [-0.05, 0) is 41.8 Å². The first-order chi connectivity index (χ1) is 13.3. The van der Waals surface area contributed by atoms with Gasteiger partial charge in [-0.1, -0.05) is 49.6 Å². The maximum Gasteiger partial charge on any atom is 0.315 e. The van der Waals surface area contributed by atoms with Crippen LogP contribution in [0.1, 0.15) is 54.1 Å². The first-order valence-electron chi connectivity index (χ1n) is 10.2. The van der Waals surface area contributed by atoms with Crippen molar-refractivity contribution in [2.75, 3.05) is 13.1 Å². The van der Waals surface area contributed by atoms with E-state index in [1.165, 1.54) is 35.3 Å². The zero-order valence-electron chi connectivity index (χ0n) is 15.8. The molecule has 0 saturated heterocycles. The van der Waals surface area contributed by atoms with Crippen molar-refractivity contribution in [3.63, 3.8) is 0 Å². The number of amides is 2. The number of carbonyl (C=O) groups excluding carboxylic acids is 1. The van der Waals surface area contributed by atoms with Crippen LogP contribution in [-0.2, 0) is 13.0 Å². The van der Waals surface area contributed by atoms with Crippen LogP contribution in [0.3, 0.4) is 0 Å². The number of hydrogen-bond acceptors (Lipinski definition) is 3. The maximum atomic E-state index is 12.4. The zero-order chi connectivity index (χ0) is 18.5. The first kappa shape index (κ1) is 18.5. The van der Waals surface area contributed by atoms with Gasteiger partial charge in [-0.2, -0.15) is 0 Å². The van der Waals surface area contributed by atoms with Gasteiger partial charge in [0, 0.05) is 30.6 Å². The fourth-order valence-corrected chi connectivity index (χ4v) is 5.21. The van der Waals surface area contributed by atoms with E-state index in [1.807, 2.05) is 0 Å². The normalized spacial score (nSPS) is 19.3. The van der Waals surface area contributed by atoms with Crippen molar-refractivity contribution >= 4 is 17.4 Å². The highest BCUT2D eigenvalue weighted by atomic mass is 32.1. The van der Waals surface area contributed by atoms with E-state index in [1.54, 1.807) is 11.3 Å². The van der Waals surface area contributed by atoms with Crippen LogP contribution in [0.25, 0.3) is 0 Å². The zero-order valence-corrected chi connectivity index (χ0v) is 16.6.